The van der Waals surface area contributed by atoms with Crippen LogP contribution in [0.25, 0.3) is 0 Å². The molecule has 96 valence electrons. The Morgan fingerprint density at radius 3 is 2.61 bits per heavy atom. The molecule has 0 aliphatic heterocycles. The summed E-state index contributed by atoms with van der Waals surface area (Å²) < 4.78 is 38.0. The van der Waals surface area contributed by atoms with Crippen LogP contribution in [0.4, 0.5) is 18.9 Å². The molecule has 1 N–H and O–H groups in total. The molecule has 0 aromatic heterocycles. The van der Waals surface area contributed by atoms with E-state index in [1.165, 1.54) is 19.1 Å². The fraction of sp³-hybridized carbons (Fsp3) is 0.273. The van der Waals surface area contributed by atoms with Crippen molar-refractivity contribution >= 4 is 22.6 Å². The van der Waals surface area contributed by atoms with Crippen LogP contribution in [-0.2, 0) is 6.18 Å². The van der Waals surface area contributed by atoms with E-state index in [9.17, 15) is 13.2 Å². The Balaban J connectivity index is 3.17. The van der Waals surface area contributed by atoms with E-state index in [4.69, 9.17) is 5.26 Å². The number of nitrogens with one attached hydrogen (secondary N) is 1. The van der Waals surface area contributed by atoms with Crippen LogP contribution in [0.5, 0.6) is 0 Å². The number of nitrogens with zero attached hydrogens (tertiary/aromatic N) is 2. The zero-order valence-electron chi connectivity index (χ0n) is 9.67. The SMILES string of the molecule is CSC(=Nc1ccc(C)c(C(F)(F)F)c1)NC#N. The Hall–Kier alpha value is -1.68. The molecule has 0 atom stereocenters. The Morgan fingerprint density at radius 2 is 2.11 bits per heavy atom. The molecule has 0 amide bonds. The normalized spacial score (nSPS) is 12.1. The molecule has 0 spiro atoms. The highest BCUT2D eigenvalue weighted by molar-refractivity contribution is 8.13. The summed E-state index contributed by atoms with van der Waals surface area (Å²) in [5.41, 5.74) is -0.429. The van der Waals surface area contributed by atoms with Crippen LogP contribution in [0.15, 0.2) is 23.2 Å². The van der Waals surface area contributed by atoms with Crippen LogP contribution in [0.2, 0.25) is 0 Å². The van der Waals surface area contributed by atoms with Gasteiger partial charge in [-0.3, -0.25) is 5.32 Å². The zero-order chi connectivity index (χ0) is 13.8. The van der Waals surface area contributed by atoms with E-state index in [0.717, 1.165) is 17.8 Å². The Kier molecular flexibility index (Phi) is 4.62. The standard InChI is InChI=1S/C11H10F3N3S/c1-7-3-4-8(5-9(7)11(12,13)14)17-10(18-2)16-6-15/h3-5H,1-2H3,(H,16,17). The highest BCUT2D eigenvalue weighted by Crippen LogP contribution is 2.34. The number of thioether (sulfide) groups is 1. The fourth-order valence-corrected chi connectivity index (χ4v) is 1.62. The van der Waals surface area contributed by atoms with E-state index in [1.807, 2.05) is 0 Å². The number of rotatable bonds is 1. The minimum Gasteiger partial charge on any atom is -0.271 e. The first kappa shape index (κ1) is 14.4. The van der Waals surface area contributed by atoms with Gasteiger partial charge in [0.15, 0.2) is 11.4 Å². The average Bonchev–Trinajstić information content (AvgIpc) is 2.29. The maximum absolute atomic E-state index is 12.7. The number of alkyl halides is 3. The third kappa shape index (κ3) is 3.67. The lowest BCUT2D eigenvalue weighted by Crippen LogP contribution is -2.12. The summed E-state index contributed by atoms with van der Waals surface area (Å²) in [7, 11) is 0. The van der Waals surface area contributed by atoms with Crippen molar-refractivity contribution in [3.63, 3.8) is 0 Å². The number of nitriles is 1. The van der Waals surface area contributed by atoms with Gasteiger partial charge in [0.25, 0.3) is 0 Å². The molecule has 0 saturated carbocycles. The zero-order valence-corrected chi connectivity index (χ0v) is 10.5. The van der Waals surface area contributed by atoms with Crippen molar-refractivity contribution in [3.05, 3.63) is 29.3 Å². The van der Waals surface area contributed by atoms with Gasteiger partial charge < -0.3 is 0 Å². The first-order valence-electron chi connectivity index (χ1n) is 4.84. The van der Waals surface area contributed by atoms with Gasteiger partial charge >= 0.3 is 6.18 Å². The minimum absolute atomic E-state index is 0.139. The molecular formula is C11H10F3N3S. The lowest BCUT2D eigenvalue weighted by Gasteiger charge is -2.10. The van der Waals surface area contributed by atoms with Gasteiger partial charge in [-0.2, -0.15) is 18.4 Å². The van der Waals surface area contributed by atoms with E-state index >= 15 is 0 Å². The second-order valence-electron chi connectivity index (χ2n) is 3.35. The quantitative estimate of drug-likeness (QED) is 0.369. The summed E-state index contributed by atoms with van der Waals surface area (Å²) >= 11 is 1.14. The summed E-state index contributed by atoms with van der Waals surface area (Å²) in [6.07, 6.45) is -1.06. The largest absolute Gasteiger partial charge is 0.416 e. The number of hydrogen-bond donors (Lipinski definition) is 1. The van der Waals surface area contributed by atoms with E-state index in [1.54, 1.807) is 12.4 Å². The molecule has 0 aliphatic carbocycles. The van der Waals surface area contributed by atoms with Crippen LogP contribution >= 0.6 is 11.8 Å². The highest BCUT2D eigenvalue weighted by atomic mass is 32.2. The van der Waals surface area contributed by atoms with Crippen molar-refractivity contribution < 1.29 is 13.2 Å². The van der Waals surface area contributed by atoms with Gasteiger partial charge in [-0.05, 0) is 30.9 Å². The molecule has 1 aromatic rings. The Labute approximate surface area is 107 Å². The van der Waals surface area contributed by atoms with Crippen molar-refractivity contribution in [1.82, 2.24) is 5.32 Å². The molecular weight excluding hydrogens is 263 g/mol. The Bertz CT molecular complexity index is 503. The molecule has 0 unspecified atom stereocenters. The first-order chi connectivity index (χ1) is 8.38. The van der Waals surface area contributed by atoms with Crippen LogP contribution in [-0.4, -0.2) is 11.4 Å². The predicted molar refractivity (Wildman–Crippen MR) is 65.5 cm³/mol. The van der Waals surface area contributed by atoms with Crippen molar-refractivity contribution in [2.24, 2.45) is 4.99 Å². The Morgan fingerprint density at radius 1 is 1.44 bits per heavy atom. The molecule has 18 heavy (non-hydrogen) atoms. The number of aryl methyl sites for hydroxylation is 1. The summed E-state index contributed by atoms with van der Waals surface area (Å²) in [5, 5.41) is 11.0. The minimum atomic E-state index is -4.40. The van der Waals surface area contributed by atoms with Crippen LogP contribution < -0.4 is 5.32 Å². The lowest BCUT2D eigenvalue weighted by atomic mass is 10.1. The number of aliphatic imine (C=N–C) groups is 1. The predicted octanol–water partition coefficient (Wildman–Crippen LogP) is 3.44. The molecule has 0 heterocycles. The average molecular weight is 273 g/mol. The maximum atomic E-state index is 12.7. The summed E-state index contributed by atoms with van der Waals surface area (Å²) in [5.74, 6) is 0. The maximum Gasteiger partial charge on any atom is 0.416 e. The van der Waals surface area contributed by atoms with E-state index in [2.05, 4.69) is 10.3 Å². The summed E-state index contributed by atoms with van der Waals surface area (Å²) in [6, 6.07) is 3.79. The van der Waals surface area contributed by atoms with Gasteiger partial charge in [-0.25, -0.2) is 4.99 Å². The molecule has 1 rings (SSSR count). The van der Waals surface area contributed by atoms with Gasteiger partial charge in [-0.15, -0.1) is 0 Å². The van der Waals surface area contributed by atoms with Gasteiger partial charge in [0.2, 0.25) is 0 Å². The topological polar surface area (TPSA) is 48.2 Å². The monoisotopic (exact) mass is 273 g/mol. The number of hydrogen-bond acceptors (Lipinski definition) is 3. The second kappa shape index (κ2) is 5.78. The van der Waals surface area contributed by atoms with Gasteiger partial charge in [-0.1, -0.05) is 17.8 Å². The smallest absolute Gasteiger partial charge is 0.271 e. The summed E-state index contributed by atoms with van der Waals surface area (Å²) in [6.45, 7) is 1.39. The van der Waals surface area contributed by atoms with Crippen LogP contribution in [0.3, 0.4) is 0 Å². The van der Waals surface area contributed by atoms with E-state index in [0.29, 0.717) is 0 Å². The van der Waals surface area contributed by atoms with Crippen LogP contribution in [0.1, 0.15) is 11.1 Å². The van der Waals surface area contributed by atoms with Crippen molar-refractivity contribution in [2.75, 3.05) is 6.26 Å². The van der Waals surface area contributed by atoms with Crippen molar-refractivity contribution in [2.45, 2.75) is 13.1 Å². The van der Waals surface area contributed by atoms with Gasteiger partial charge in [0, 0.05) is 0 Å². The van der Waals surface area contributed by atoms with Gasteiger partial charge in [0.05, 0.1) is 11.3 Å². The van der Waals surface area contributed by atoms with Crippen molar-refractivity contribution in [3.8, 4) is 6.19 Å². The van der Waals surface area contributed by atoms with Crippen molar-refractivity contribution in [1.29, 1.82) is 5.26 Å². The molecule has 0 saturated heterocycles. The first-order valence-corrected chi connectivity index (χ1v) is 6.06. The molecule has 0 fully saturated rings. The number of halogens is 3. The molecule has 7 heteroatoms. The molecule has 1 aromatic carbocycles. The fourth-order valence-electron chi connectivity index (χ4n) is 1.27. The molecule has 3 nitrogen and oxygen atoms in total. The summed E-state index contributed by atoms with van der Waals surface area (Å²) in [4.78, 5) is 3.93. The van der Waals surface area contributed by atoms with Gasteiger partial charge in [0.1, 0.15) is 0 Å². The number of benzene rings is 1. The van der Waals surface area contributed by atoms with Crippen LogP contribution in [0, 0.1) is 18.4 Å². The highest BCUT2D eigenvalue weighted by Gasteiger charge is 2.32. The molecule has 0 bridgehead atoms. The molecule has 0 radical (unpaired) electrons. The number of amidine groups is 1. The second-order valence-corrected chi connectivity index (χ2v) is 4.15. The lowest BCUT2D eigenvalue weighted by molar-refractivity contribution is -0.138. The molecule has 0 aliphatic rings. The third-order valence-corrected chi connectivity index (χ3v) is 2.69. The van der Waals surface area contributed by atoms with E-state index < -0.39 is 11.7 Å². The third-order valence-electron chi connectivity index (χ3n) is 2.11. The van der Waals surface area contributed by atoms with E-state index in [-0.39, 0.29) is 16.4 Å².